The van der Waals surface area contributed by atoms with Gasteiger partial charge in [0, 0.05) is 25.7 Å². The molecular weight excluding hydrogens is 538 g/mol. The first-order valence-corrected chi connectivity index (χ1v) is 13.9. The molecule has 0 aliphatic heterocycles. The highest BCUT2D eigenvalue weighted by Gasteiger charge is 2.30. The Bertz CT molecular complexity index is 1530. The van der Waals surface area contributed by atoms with E-state index in [1.807, 2.05) is 26.0 Å². The molecule has 11 heteroatoms. The minimum Gasteiger partial charge on any atom is -0.493 e. The summed E-state index contributed by atoms with van der Waals surface area (Å²) in [6.45, 7) is 5.48. The fourth-order valence-electron chi connectivity index (χ4n) is 5.43. The van der Waals surface area contributed by atoms with E-state index in [2.05, 4.69) is 21.0 Å². The number of carbonyl (C=O) groups excluding carboxylic acids is 2. The Morgan fingerprint density at radius 3 is 2.43 bits per heavy atom. The van der Waals surface area contributed by atoms with Gasteiger partial charge in [0.2, 0.25) is 23.0 Å². The normalized spacial score (nSPS) is 14.6. The predicted molar refractivity (Wildman–Crippen MR) is 161 cm³/mol. The molecule has 0 fully saturated rings. The van der Waals surface area contributed by atoms with Gasteiger partial charge in [0.15, 0.2) is 11.5 Å². The van der Waals surface area contributed by atoms with Crippen molar-refractivity contribution in [2.75, 3.05) is 32.0 Å². The average Bonchev–Trinajstić information content (AvgIpc) is 3.21. The standard InChI is InChI=1S/C31H39N5O6/c1-17(2)12-25(31(39)34-20-15-32-36(4)16-20)35-24-11-9-21-22(14-26(24)38)23(33-18(3)37)10-8-19-13-27(40-5)29(41-6)30(42-7)28(19)21/h9,11,13-17,23,25H,8,10,12H2,1-7H3,(H,33,37)(H,34,39)(H,35,38)/t23-,25-/m0/s1. The SMILES string of the molecule is COc1cc2c(c(OC)c1OC)-c1ccc(N[C@@H](CC(C)C)C(=O)Nc3cnn(C)c3)c(=O)cc1[C@@H](NC(C)=O)CC2. The number of anilines is 2. The lowest BCUT2D eigenvalue weighted by Crippen LogP contribution is -2.37. The number of hydrogen-bond donors (Lipinski definition) is 3. The monoisotopic (exact) mass is 577 g/mol. The van der Waals surface area contributed by atoms with E-state index in [4.69, 9.17) is 14.2 Å². The Balaban J connectivity index is 1.86. The topological polar surface area (TPSA) is 133 Å². The third kappa shape index (κ3) is 6.50. The maximum absolute atomic E-state index is 13.7. The van der Waals surface area contributed by atoms with Gasteiger partial charge >= 0.3 is 0 Å². The largest absolute Gasteiger partial charge is 0.493 e. The Hall–Kier alpha value is -4.54. The summed E-state index contributed by atoms with van der Waals surface area (Å²) in [6.07, 6.45) is 4.91. The van der Waals surface area contributed by atoms with Crippen LogP contribution in [0.4, 0.5) is 11.4 Å². The second-order valence-electron chi connectivity index (χ2n) is 10.8. The lowest BCUT2D eigenvalue weighted by molar-refractivity contribution is -0.120. The van der Waals surface area contributed by atoms with Crippen LogP contribution >= 0.6 is 0 Å². The molecule has 0 spiro atoms. The molecule has 0 saturated heterocycles. The summed E-state index contributed by atoms with van der Waals surface area (Å²) in [4.78, 5) is 39.3. The highest BCUT2D eigenvalue weighted by molar-refractivity contribution is 5.96. The van der Waals surface area contributed by atoms with Gasteiger partial charge in [0.05, 0.1) is 44.9 Å². The Morgan fingerprint density at radius 2 is 1.83 bits per heavy atom. The first-order chi connectivity index (χ1) is 20.1. The van der Waals surface area contributed by atoms with Gasteiger partial charge in [-0.15, -0.1) is 0 Å². The predicted octanol–water partition coefficient (Wildman–Crippen LogP) is 4.06. The number of ether oxygens (including phenoxy) is 3. The van der Waals surface area contributed by atoms with Crippen LogP contribution in [0, 0.1) is 5.92 Å². The third-order valence-electron chi connectivity index (χ3n) is 7.24. The number of amides is 2. The van der Waals surface area contributed by atoms with E-state index in [9.17, 15) is 14.4 Å². The van der Waals surface area contributed by atoms with Gasteiger partial charge in [0.25, 0.3) is 0 Å². The van der Waals surface area contributed by atoms with Crippen molar-refractivity contribution in [1.29, 1.82) is 0 Å². The number of nitrogens with zero attached hydrogens (tertiary/aromatic N) is 2. The van der Waals surface area contributed by atoms with Crippen LogP contribution in [-0.4, -0.2) is 49.0 Å². The van der Waals surface area contributed by atoms with Crippen LogP contribution in [0.15, 0.2) is 41.5 Å². The van der Waals surface area contributed by atoms with Gasteiger partial charge in [-0.2, -0.15) is 5.10 Å². The summed E-state index contributed by atoms with van der Waals surface area (Å²) in [5.74, 6) is 1.12. The lowest BCUT2D eigenvalue weighted by atomic mass is 9.95. The Kier molecular flexibility index (Phi) is 9.39. The summed E-state index contributed by atoms with van der Waals surface area (Å²) in [5.41, 5.74) is 3.57. The van der Waals surface area contributed by atoms with Gasteiger partial charge in [0.1, 0.15) is 6.04 Å². The second kappa shape index (κ2) is 13.0. The smallest absolute Gasteiger partial charge is 0.246 e. The van der Waals surface area contributed by atoms with E-state index in [0.29, 0.717) is 53.3 Å². The molecule has 0 bridgehead atoms. The highest BCUT2D eigenvalue weighted by atomic mass is 16.5. The number of methoxy groups -OCH3 is 3. The fourth-order valence-corrected chi connectivity index (χ4v) is 5.43. The minimum absolute atomic E-state index is 0.175. The Labute approximate surface area is 245 Å². The molecule has 11 nitrogen and oxygen atoms in total. The van der Waals surface area contributed by atoms with Gasteiger partial charge < -0.3 is 30.2 Å². The van der Waals surface area contributed by atoms with Gasteiger partial charge in [-0.25, -0.2) is 0 Å². The molecule has 4 rings (SSSR count). The molecule has 2 amide bonds. The number of nitrogens with one attached hydrogen (secondary N) is 3. The van der Waals surface area contributed by atoms with E-state index < -0.39 is 12.1 Å². The zero-order valence-corrected chi connectivity index (χ0v) is 25.2. The van der Waals surface area contributed by atoms with E-state index in [1.165, 1.54) is 13.0 Å². The third-order valence-corrected chi connectivity index (χ3v) is 7.24. The first kappa shape index (κ1) is 30.4. The Morgan fingerprint density at radius 1 is 1.10 bits per heavy atom. The first-order valence-electron chi connectivity index (χ1n) is 13.9. The molecule has 0 saturated carbocycles. The number of carbonyl (C=O) groups is 2. The molecule has 1 heterocycles. The van der Waals surface area contributed by atoms with Crippen LogP contribution in [0.1, 0.15) is 50.8 Å². The second-order valence-corrected chi connectivity index (χ2v) is 10.8. The number of rotatable bonds is 10. The van der Waals surface area contributed by atoms with E-state index in [1.54, 1.807) is 51.5 Å². The van der Waals surface area contributed by atoms with E-state index >= 15 is 0 Å². The number of fused-ring (bicyclic) bond motifs is 3. The molecule has 2 aromatic carbocycles. The molecule has 0 radical (unpaired) electrons. The van der Waals surface area contributed by atoms with Crippen molar-refractivity contribution in [2.45, 2.75) is 52.1 Å². The van der Waals surface area contributed by atoms with Gasteiger partial charge in [-0.05, 0) is 60.1 Å². The van der Waals surface area contributed by atoms with Crippen LogP contribution in [-0.2, 0) is 23.1 Å². The van der Waals surface area contributed by atoms with Crippen molar-refractivity contribution in [3.8, 4) is 28.4 Å². The quantitative estimate of drug-likeness (QED) is 0.329. The minimum atomic E-state index is -0.683. The molecule has 3 aromatic rings. The van der Waals surface area contributed by atoms with Gasteiger partial charge in [-0.3, -0.25) is 19.1 Å². The maximum Gasteiger partial charge on any atom is 0.246 e. The summed E-state index contributed by atoms with van der Waals surface area (Å²) >= 11 is 0. The average molecular weight is 578 g/mol. The number of benzene rings is 1. The van der Waals surface area contributed by atoms with Crippen LogP contribution in [0.3, 0.4) is 0 Å². The molecule has 224 valence electrons. The molecule has 1 aliphatic carbocycles. The maximum atomic E-state index is 13.7. The molecular formula is C31H39N5O6. The van der Waals surface area contributed by atoms with E-state index in [0.717, 1.165) is 11.1 Å². The summed E-state index contributed by atoms with van der Waals surface area (Å²) in [5, 5.41) is 13.2. The highest BCUT2D eigenvalue weighted by Crippen LogP contribution is 2.50. The van der Waals surface area contributed by atoms with Crippen molar-refractivity contribution in [1.82, 2.24) is 15.1 Å². The van der Waals surface area contributed by atoms with Gasteiger partial charge in [-0.1, -0.05) is 19.9 Å². The van der Waals surface area contributed by atoms with Crippen molar-refractivity contribution in [3.05, 3.63) is 58.0 Å². The van der Waals surface area contributed by atoms with Crippen LogP contribution in [0.5, 0.6) is 17.2 Å². The molecule has 2 atom stereocenters. The van der Waals surface area contributed by atoms with Crippen LogP contribution in [0.25, 0.3) is 11.1 Å². The van der Waals surface area contributed by atoms with Crippen LogP contribution < -0.4 is 35.6 Å². The summed E-state index contributed by atoms with van der Waals surface area (Å²) < 4.78 is 18.7. The molecule has 42 heavy (non-hydrogen) atoms. The number of aryl methyl sites for hydroxylation is 2. The number of hydrogen-bond acceptors (Lipinski definition) is 8. The lowest BCUT2D eigenvalue weighted by Gasteiger charge is -2.20. The van der Waals surface area contributed by atoms with E-state index in [-0.39, 0.29) is 28.8 Å². The zero-order valence-electron chi connectivity index (χ0n) is 25.2. The van der Waals surface area contributed by atoms with Crippen molar-refractivity contribution in [2.24, 2.45) is 13.0 Å². The molecule has 0 unspecified atom stereocenters. The zero-order chi connectivity index (χ0) is 30.6. The van der Waals surface area contributed by atoms with Crippen molar-refractivity contribution < 1.29 is 23.8 Å². The fraction of sp³-hybridized carbons (Fsp3) is 0.419. The summed E-state index contributed by atoms with van der Waals surface area (Å²) in [6, 6.07) is 5.84. The van der Waals surface area contributed by atoms with Crippen molar-refractivity contribution in [3.63, 3.8) is 0 Å². The molecule has 1 aliphatic rings. The van der Waals surface area contributed by atoms with Crippen molar-refractivity contribution >= 4 is 23.2 Å². The molecule has 3 N–H and O–H groups in total. The van der Waals surface area contributed by atoms with Crippen LogP contribution in [0.2, 0.25) is 0 Å². The number of aromatic nitrogens is 2. The summed E-state index contributed by atoms with van der Waals surface area (Å²) in [7, 11) is 6.43. The molecule has 1 aromatic heterocycles.